The highest BCUT2D eigenvalue weighted by Gasteiger charge is 2.27. The van der Waals surface area contributed by atoms with Crippen LogP contribution in [0.2, 0.25) is 0 Å². The molecule has 3 aromatic rings. The summed E-state index contributed by atoms with van der Waals surface area (Å²) in [6.45, 7) is 2.59. The molecule has 1 aliphatic heterocycles. The predicted molar refractivity (Wildman–Crippen MR) is 91.9 cm³/mol. The van der Waals surface area contributed by atoms with Crippen LogP contribution in [-0.2, 0) is 13.1 Å². The van der Waals surface area contributed by atoms with Crippen molar-refractivity contribution >= 4 is 0 Å². The van der Waals surface area contributed by atoms with Crippen molar-refractivity contribution in [3.63, 3.8) is 0 Å². The van der Waals surface area contributed by atoms with Crippen molar-refractivity contribution < 1.29 is 9.26 Å². The Bertz CT molecular complexity index is 815. The first kappa shape index (κ1) is 15.8. The summed E-state index contributed by atoms with van der Waals surface area (Å²) in [7, 11) is 1.64. The van der Waals surface area contributed by atoms with E-state index < -0.39 is 0 Å². The SMILES string of the molecule is COc1ccccc1-c1noc(CN2CCC[C@@H]2Cn2cccn2)n1. The number of para-hydroxylation sites is 1. The number of rotatable bonds is 6. The summed E-state index contributed by atoms with van der Waals surface area (Å²) < 4.78 is 12.8. The van der Waals surface area contributed by atoms with Gasteiger partial charge in [0.1, 0.15) is 5.75 Å². The number of ether oxygens (including phenoxy) is 1. The molecule has 1 aliphatic rings. The van der Waals surface area contributed by atoms with Crippen LogP contribution in [0.3, 0.4) is 0 Å². The van der Waals surface area contributed by atoms with Crippen molar-refractivity contribution in [2.24, 2.45) is 0 Å². The quantitative estimate of drug-likeness (QED) is 0.687. The molecule has 130 valence electrons. The molecule has 25 heavy (non-hydrogen) atoms. The van der Waals surface area contributed by atoms with Gasteiger partial charge in [0.25, 0.3) is 0 Å². The fourth-order valence-electron chi connectivity index (χ4n) is 3.37. The summed E-state index contributed by atoms with van der Waals surface area (Å²) >= 11 is 0. The molecule has 0 saturated carbocycles. The standard InChI is InChI=1S/C18H21N5O2/c1-24-16-8-3-2-7-15(16)18-20-17(25-21-18)13-22-10-4-6-14(22)12-23-11-5-9-19-23/h2-3,5,7-9,11,14H,4,6,10,12-13H2,1H3/t14-/m1/s1. The smallest absolute Gasteiger partial charge is 0.241 e. The van der Waals surface area contributed by atoms with E-state index in [1.54, 1.807) is 7.11 Å². The monoisotopic (exact) mass is 339 g/mol. The summed E-state index contributed by atoms with van der Waals surface area (Å²) in [6, 6.07) is 10.1. The maximum absolute atomic E-state index is 5.48. The second-order valence-electron chi connectivity index (χ2n) is 6.21. The van der Waals surface area contributed by atoms with Gasteiger partial charge >= 0.3 is 0 Å². The third-order valence-electron chi connectivity index (χ3n) is 4.61. The van der Waals surface area contributed by atoms with E-state index in [4.69, 9.17) is 9.26 Å². The molecule has 7 heteroatoms. The predicted octanol–water partition coefficient (Wildman–Crippen LogP) is 2.61. The molecule has 7 nitrogen and oxygen atoms in total. The van der Waals surface area contributed by atoms with Gasteiger partial charge in [-0.1, -0.05) is 17.3 Å². The minimum Gasteiger partial charge on any atom is -0.496 e. The fraction of sp³-hybridized carbons (Fsp3) is 0.389. The first-order valence-corrected chi connectivity index (χ1v) is 8.51. The minimum atomic E-state index is 0.446. The number of benzene rings is 1. The fourth-order valence-corrected chi connectivity index (χ4v) is 3.37. The summed E-state index contributed by atoms with van der Waals surface area (Å²) in [4.78, 5) is 6.95. The Balaban J connectivity index is 1.47. The zero-order chi connectivity index (χ0) is 17.1. The number of hydrogen-bond acceptors (Lipinski definition) is 6. The molecule has 0 aliphatic carbocycles. The van der Waals surface area contributed by atoms with Crippen LogP contribution in [0.5, 0.6) is 5.75 Å². The van der Waals surface area contributed by atoms with E-state index in [1.807, 2.05) is 47.4 Å². The average molecular weight is 339 g/mol. The number of hydrogen-bond donors (Lipinski definition) is 0. The van der Waals surface area contributed by atoms with Gasteiger partial charge in [0.15, 0.2) is 0 Å². The van der Waals surface area contributed by atoms with Gasteiger partial charge in [0.05, 0.1) is 25.8 Å². The normalized spacial score (nSPS) is 17.9. The Morgan fingerprint density at radius 1 is 1.28 bits per heavy atom. The van der Waals surface area contributed by atoms with Crippen molar-refractivity contribution in [3.05, 3.63) is 48.6 Å². The lowest BCUT2D eigenvalue weighted by Crippen LogP contribution is -2.32. The van der Waals surface area contributed by atoms with Crippen LogP contribution in [0.15, 0.2) is 47.2 Å². The van der Waals surface area contributed by atoms with Gasteiger partial charge in [-0.3, -0.25) is 9.58 Å². The largest absolute Gasteiger partial charge is 0.496 e. The Kier molecular flexibility index (Phi) is 4.47. The lowest BCUT2D eigenvalue weighted by molar-refractivity contribution is 0.192. The molecule has 0 amide bonds. The maximum Gasteiger partial charge on any atom is 0.241 e. The van der Waals surface area contributed by atoms with Crippen molar-refractivity contribution in [2.45, 2.75) is 32.0 Å². The Morgan fingerprint density at radius 2 is 2.20 bits per heavy atom. The maximum atomic E-state index is 5.48. The Labute approximate surface area is 146 Å². The first-order valence-electron chi connectivity index (χ1n) is 8.51. The summed E-state index contributed by atoms with van der Waals surface area (Å²) in [5.41, 5.74) is 0.842. The highest BCUT2D eigenvalue weighted by Crippen LogP contribution is 2.28. The molecule has 0 bridgehead atoms. The van der Waals surface area contributed by atoms with Crippen LogP contribution in [-0.4, -0.2) is 44.5 Å². The molecule has 2 aromatic heterocycles. The summed E-state index contributed by atoms with van der Waals surface area (Å²) in [5, 5.41) is 8.44. The van der Waals surface area contributed by atoms with Gasteiger partial charge < -0.3 is 9.26 Å². The van der Waals surface area contributed by atoms with E-state index in [2.05, 4.69) is 20.1 Å². The Morgan fingerprint density at radius 3 is 3.04 bits per heavy atom. The van der Waals surface area contributed by atoms with Crippen molar-refractivity contribution in [3.8, 4) is 17.1 Å². The Hall–Kier alpha value is -2.67. The van der Waals surface area contributed by atoms with Gasteiger partial charge in [0.2, 0.25) is 11.7 Å². The zero-order valence-corrected chi connectivity index (χ0v) is 14.2. The number of likely N-dealkylation sites (tertiary alicyclic amines) is 1. The topological polar surface area (TPSA) is 69.2 Å². The van der Waals surface area contributed by atoms with Gasteiger partial charge in [-0.05, 0) is 37.6 Å². The van der Waals surface area contributed by atoms with E-state index in [1.165, 1.54) is 6.42 Å². The number of nitrogens with zero attached hydrogens (tertiary/aromatic N) is 5. The molecule has 0 radical (unpaired) electrons. The third kappa shape index (κ3) is 3.41. The molecule has 0 spiro atoms. The molecule has 1 aromatic carbocycles. The van der Waals surface area contributed by atoms with Crippen LogP contribution in [0, 0.1) is 0 Å². The van der Waals surface area contributed by atoms with Gasteiger partial charge in [-0.2, -0.15) is 10.1 Å². The molecule has 1 saturated heterocycles. The van der Waals surface area contributed by atoms with Crippen LogP contribution >= 0.6 is 0 Å². The third-order valence-corrected chi connectivity index (χ3v) is 4.61. The number of aromatic nitrogens is 4. The lowest BCUT2D eigenvalue weighted by Gasteiger charge is -2.22. The van der Waals surface area contributed by atoms with E-state index >= 15 is 0 Å². The lowest BCUT2D eigenvalue weighted by atomic mass is 10.2. The van der Waals surface area contributed by atoms with E-state index in [0.717, 1.165) is 30.8 Å². The van der Waals surface area contributed by atoms with E-state index in [-0.39, 0.29) is 0 Å². The van der Waals surface area contributed by atoms with Crippen molar-refractivity contribution in [1.29, 1.82) is 0 Å². The van der Waals surface area contributed by atoms with E-state index in [0.29, 0.717) is 24.3 Å². The second-order valence-corrected chi connectivity index (χ2v) is 6.21. The van der Waals surface area contributed by atoms with E-state index in [9.17, 15) is 0 Å². The number of methoxy groups -OCH3 is 1. The summed E-state index contributed by atoms with van der Waals surface area (Å²) in [6.07, 6.45) is 6.16. The highest BCUT2D eigenvalue weighted by atomic mass is 16.5. The van der Waals surface area contributed by atoms with Crippen molar-refractivity contribution in [2.75, 3.05) is 13.7 Å². The minimum absolute atomic E-state index is 0.446. The van der Waals surface area contributed by atoms with Gasteiger partial charge in [-0.15, -0.1) is 0 Å². The molecular formula is C18H21N5O2. The first-order chi connectivity index (χ1) is 12.3. The van der Waals surface area contributed by atoms with Crippen molar-refractivity contribution in [1.82, 2.24) is 24.8 Å². The van der Waals surface area contributed by atoms with Gasteiger partial charge in [-0.25, -0.2) is 0 Å². The highest BCUT2D eigenvalue weighted by molar-refractivity contribution is 5.63. The summed E-state index contributed by atoms with van der Waals surface area (Å²) in [5.74, 6) is 1.94. The molecule has 0 N–H and O–H groups in total. The van der Waals surface area contributed by atoms with Crippen LogP contribution < -0.4 is 4.74 Å². The molecule has 0 unspecified atom stereocenters. The van der Waals surface area contributed by atoms with Crippen LogP contribution in [0.25, 0.3) is 11.4 Å². The molecule has 3 heterocycles. The molecule has 1 atom stereocenters. The van der Waals surface area contributed by atoms with Crippen LogP contribution in [0.4, 0.5) is 0 Å². The molecule has 4 rings (SSSR count). The molecule has 1 fully saturated rings. The average Bonchev–Trinajstić information content (AvgIpc) is 3.39. The van der Waals surface area contributed by atoms with Crippen LogP contribution in [0.1, 0.15) is 18.7 Å². The van der Waals surface area contributed by atoms with Gasteiger partial charge in [0, 0.05) is 18.4 Å². The molecular weight excluding hydrogens is 318 g/mol. The zero-order valence-electron chi connectivity index (χ0n) is 14.2. The second kappa shape index (κ2) is 7.06.